The third-order valence-corrected chi connectivity index (χ3v) is 7.14. The molecule has 0 unspecified atom stereocenters. The molecule has 2 amide bonds. The number of aromatic nitrogens is 3. The minimum absolute atomic E-state index is 0.0114. The van der Waals surface area contributed by atoms with Gasteiger partial charge in [-0.3, -0.25) is 9.59 Å². The molecule has 2 aromatic heterocycles. The second-order valence-electron chi connectivity index (χ2n) is 8.62. The van der Waals surface area contributed by atoms with Crippen molar-refractivity contribution in [1.29, 1.82) is 0 Å². The lowest BCUT2D eigenvalue weighted by Crippen LogP contribution is -2.41. The van der Waals surface area contributed by atoms with Crippen LogP contribution in [0, 0.1) is 18.8 Å². The summed E-state index contributed by atoms with van der Waals surface area (Å²) in [4.78, 5) is 36.0. The molecule has 8 heteroatoms. The van der Waals surface area contributed by atoms with Crippen LogP contribution in [-0.4, -0.2) is 62.6 Å². The maximum absolute atomic E-state index is 13.4. The summed E-state index contributed by atoms with van der Waals surface area (Å²) in [6, 6.07) is 1.76. The highest BCUT2D eigenvalue weighted by Gasteiger charge is 2.63. The van der Waals surface area contributed by atoms with Crippen molar-refractivity contribution in [3.8, 4) is 0 Å². The van der Waals surface area contributed by atoms with E-state index in [-0.39, 0.29) is 35.4 Å². The van der Waals surface area contributed by atoms with Crippen molar-refractivity contribution in [3.63, 3.8) is 0 Å². The molecule has 5 heterocycles. The second-order valence-corrected chi connectivity index (χ2v) is 8.62. The zero-order chi connectivity index (χ0) is 20.3. The van der Waals surface area contributed by atoms with Gasteiger partial charge in [-0.25, -0.2) is 9.97 Å². The third-order valence-electron chi connectivity index (χ3n) is 7.14. The van der Waals surface area contributed by atoms with E-state index in [9.17, 15) is 9.59 Å². The molecule has 2 bridgehead atoms. The lowest BCUT2D eigenvalue weighted by atomic mass is 9.73. The number of hydrogen-bond acceptors (Lipinski definition) is 5. The molecule has 29 heavy (non-hydrogen) atoms. The van der Waals surface area contributed by atoms with Crippen molar-refractivity contribution in [1.82, 2.24) is 24.8 Å². The first-order valence-electron chi connectivity index (χ1n) is 10.5. The van der Waals surface area contributed by atoms with E-state index < -0.39 is 0 Å². The summed E-state index contributed by atoms with van der Waals surface area (Å²) in [5.74, 6) is 1.43. The number of likely N-dealkylation sites (tertiary alicyclic amines) is 1. The number of carbonyl (C=O) groups excluding carboxylic acids is 2. The van der Waals surface area contributed by atoms with Gasteiger partial charge in [-0.1, -0.05) is 6.92 Å². The molecule has 0 saturated carbocycles. The van der Waals surface area contributed by atoms with Crippen LogP contribution in [0.1, 0.15) is 42.4 Å². The normalized spacial score (nSPS) is 30.2. The second kappa shape index (κ2) is 6.52. The molecule has 0 aliphatic carbocycles. The van der Waals surface area contributed by atoms with Crippen molar-refractivity contribution >= 4 is 23.0 Å². The van der Waals surface area contributed by atoms with Crippen LogP contribution in [0.25, 0.3) is 11.2 Å². The van der Waals surface area contributed by atoms with Crippen LogP contribution in [0.2, 0.25) is 0 Å². The molecule has 3 aliphatic heterocycles. The minimum Gasteiger partial charge on any atom is -0.369 e. The van der Waals surface area contributed by atoms with Crippen LogP contribution in [0.5, 0.6) is 0 Å². The van der Waals surface area contributed by atoms with Crippen LogP contribution < -0.4 is 5.32 Å². The molecule has 3 fully saturated rings. The molecule has 0 radical (unpaired) electrons. The SMILES string of the molecule is CCC(=O)NC[C@H]1[C@H]2CN(C(=O)c3ccnc4c3nc(C)n4C)C[C@]23CC[C@H]1O3. The van der Waals surface area contributed by atoms with Gasteiger partial charge < -0.3 is 19.5 Å². The van der Waals surface area contributed by atoms with Crippen LogP contribution in [-0.2, 0) is 16.6 Å². The van der Waals surface area contributed by atoms with Gasteiger partial charge in [-0.2, -0.15) is 0 Å². The van der Waals surface area contributed by atoms with Crippen LogP contribution >= 0.6 is 0 Å². The van der Waals surface area contributed by atoms with Gasteiger partial charge in [0.2, 0.25) is 5.91 Å². The minimum atomic E-state index is -0.256. The number of pyridine rings is 1. The molecular weight excluding hydrogens is 370 g/mol. The summed E-state index contributed by atoms with van der Waals surface area (Å²) in [6.07, 6.45) is 4.35. The zero-order valence-electron chi connectivity index (χ0n) is 17.1. The van der Waals surface area contributed by atoms with E-state index in [2.05, 4.69) is 15.3 Å². The molecule has 4 atom stereocenters. The third kappa shape index (κ3) is 2.68. The van der Waals surface area contributed by atoms with Crippen molar-refractivity contribution in [2.24, 2.45) is 18.9 Å². The molecule has 1 spiro atoms. The smallest absolute Gasteiger partial charge is 0.256 e. The predicted octanol–water partition coefficient (Wildman–Crippen LogP) is 1.42. The van der Waals surface area contributed by atoms with Crippen LogP contribution in [0.3, 0.4) is 0 Å². The number of carbonyl (C=O) groups is 2. The Kier molecular flexibility index (Phi) is 4.17. The van der Waals surface area contributed by atoms with E-state index in [1.807, 2.05) is 30.4 Å². The number of rotatable bonds is 4. The Bertz CT molecular complexity index is 1000. The first kappa shape index (κ1) is 18.5. The Labute approximate surface area is 169 Å². The molecule has 5 rings (SSSR count). The van der Waals surface area contributed by atoms with E-state index in [1.165, 1.54) is 0 Å². The van der Waals surface area contributed by atoms with Gasteiger partial charge in [0.05, 0.1) is 23.8 Å². The van der Waals surface area contributed by atoms with Gasteiger partial charge in [0, 0.05) is 44.6 Å². The standard InChI is InChI=1S/C21H27N5O3/c1-4-17(27)23-9-14-15-10-26(11-21(15)7-5-16(14)29-21)20(28)13-6-8-22-19-18(13)24-12(2)25(19)3/h6,8,14-16H,4-5,7,9-11H2,1-3H3,(H,23,27)/t14-,15+,16+,21+/m0/s1. The summed E-state index contributed by atoms with van der Waals surface area (Å²) in [6.45, 7) is 5.68. The van der Waals surface area contributed by atoms with E-state index in [4.69, 9.17) is 4.74 Å². The number of hydrogen-bond donors (Lipinski definition) is 1. The highest BCUT2D eigenvalue weighted by Crippen LogP contribution is 2.54. The van der Waals surface area contributed by atoms with Crippen molar-refractivity contribution in [2.45, 2.75) is 44.8 Å². The average molecular weight is 397 g/mol. The van der Waals surface area contributed by atoms with Gasteiger partial charge in [0.25, 0.3) is 5.91 Å². The van der Waals surface area contributed by atoms with Crippen LogP contribution in [0.15, 0.2) is 12.3 Å². The highest BCUT2D eigenvalue weighted by atomic mass is 16.5. The topological polar surface area (TPSA) is 89.4 Å². The average Bonchev–Trinajstić information content (AvgIpc) is 3.45. The number of aryl methyl sites for hydroxylation is 2. The Morgan fingerprint density at radius 1 is 1.41 bits per heavy atom. The quantitative estimate of drug-likeness (QED) is 0.843. The summed E-state index contributed by atoms with van der Waals surface area (Å²) in [5, 5.41) is 3.03. The molecule has 0 aromatic carbocycles. The van der Waals surface area contributed by atoms with Crippen molar-refractivity contribution < 1.29 is 14.3 Å². The first-order chi connectivity index (χ1) is 13.9. The Balaban J connectivity index is 1.40. The molecule has 8 nitrogen and oxygen atoms in total. The number of ether oxygens (including phenoxy) is 1. The Morgan fingerprint density at radius 2 is 2.24 bits per heavy atom. The molecule has 2 aromatic rings. The number of nitrogens with one attached hydrogen (secondary N) is 1. The summed E-state index contributed by atoms with van der Waals surface area (Å²) in [5.41, 5.74) is 1.72. The lowest BCUT2D eigenvalue weighted by Gasteiger charge is -2.29. The fourth-order valence-electron chi connectivity index (χ4n) is 5.51. The number of fused-ring (bicyclic) bond motifs is 2. The number of amides is 2. The number of nitrogens with zero attached hydrogens (tertiary/aromatic N) is 4. The summed E-state index contributed by atoms with van der Waals surface area (Å²) >= 11 is 0. The number of imidazole rings is 1. The van der Waals surface area contributed by atoms with Crippen molar-refractivity contribution in [2.75, 3.05) is 19.6 Å². The lowest BCUT2D eigenvalue weighted by molar-refractivity contribution is -0.121. The maximum atomic E-state index is 13.4. The predicted molar refractivity (Wildman–Crippen MR) is 106 cm³/mol. The first-order valence-corrected chi connectivity index (χ1v) is 10.5. The fraction of sp³-hybridized carbons (Fsp3) is 0.619. The molecule has 1 N–H and O–H groups in total. The van der Waals surface area contributed by atoms with Gasteiger partial charge in [-0.15, -0.1) is 0 Å². The van der Waals surface area contributed by atoms with Crippen LogP contribution in [0.4, 0.5) is 0 Å². The molecule has 3 saturated heterocycles. The summed E-state index contributed by atoms with van der Waals surface area (Å²) < 4.78 is 8.32. The van der Waals surface area contributed by atoms with Gasteiger partial charge in [0.1, 0.15) is 11.3 Å². The largest absolute Gasteiger partial charge is 0.369 e. The molecular formula is C21H27N5O3. The highest BCUT2D eigenvalue weighted by molar-refractivity contribution is 6.04. The Hall–Kier alpha value is -2.48. The van der Waals surface area contributed by atoms with E-state index in [1.54, 1.807) is 12.3 Å². The van der Waals surface area contributed by atoms with Gasteiger partial charge >= 0.3 is 0 Å². The molecule has 3 aliphatic rings. The van der Waals surface area contributed by atoms with E-state index >= 15 is 0 Å². The van der Waals surface area contributed by atoms with Gasteiger partial charge in [0.15, 0.2) is 5.65 Å². The Morgan fingerprint density at radius 3 is 3.03 bits per heavy atom. The zero-order valence-corrected chi connectivity index (χ0v) is 17.1. The molecule has 154 valence electrons. The monoisotopic (exact) mass is 397 g/mol. The van der Waals surface area contributed by atoms with E-state index in [0.29, 0.717) is 37.1 Å². The fourth-order valence-corrected chi connectivity index (χ4v) is 5.51. The van der Waals surface area contributed by atoms with Gasteiger partial charge in [-0.05, 0) is 25.8 Å². The van der Waals surface area contributed by atoms with E-state index in [0.717, 1.165) is 24.3 Å². The maximum Gasteiger partial charge on any atom is 0.256 e. The van der Waals surface area contributed by atoms with Crippen molar-refractivity contribution in [3.05, 3.63) is 23.7 Å². The summed E-state index contributed by atoms with van der Waals surface area (Å²) in [7, 11) is 1.91.